The summed E-state index contributed by atoms with van der Waals surface area (Å²) >= 11 is 0. The van der Waals surface area contributed by atoms with Crippen molar-refractivity contribution < 1.29 is 47.7 Å². The van der Waals surface area contributed by atoms with Crippen LogP contribution in [0.4, 0.5) is 0 Å². The van der Waals surface area contributed by atoms with Crippen molar-refractivity contribution in [3.63, 3.8) is 0 Å². The van der Waals surface area contributed by atoms with Gasteiger partial charge < -0.3 is 23.7 Å². The molecule has 11 nitrogen and oxygen atoms in total. The molecule has 2 heterocycles. The Morgan fingerprint density at radius 2 is 1.58 bits per heavy atom. The van der Waals surface area contributed by atoms with Gasteiger partial charge in [-0.05, 0) is 37.1 Å². The maximum atomic E-state index is 14.6. The number of ether oxygens (including phenoxy) is 4. The number of benzene rings is 1. The maximum absolute atomic E-state index is 14.6. The van der Waals surface area contributed by atoms with Gasteiger partial charge in [-0.15, -0.1) is 0 Å². The zero-order valence-corrected chi connectivity index (χ0v) is 25.9. The van der Waals surface area contributed by atoms with E-state index >= 15 is 0 Å². The van der Waals surface area contributed by atoms with E-state index < -0.39 is 94.3 Å². The van der Waals surface area contributed by atoms with Gasteiger partial charge in [-0.2, -0.15) is 0 Å². The molecule has 6 aliphatic carbocycles. The first-order valence-corrected chi connectivity index (χ1v) is 15.4. The molecule has 11 heteroatoms. The molecule has 0 N–H and O–H groups in total. The number of fused-ring (bicyclic) bond motifs is 1. The highest BCUT2D eigenvalue weighted by Crippen LogP contribution is 2.84. The smallest absolute Gasteiger partial charge is 0.338 e. The summed E-state index contributed by atoms with van der Waals surface area (Å²) < 4.78 is 24.5. The van der Waals surface area contributed by atoms with Gasteiger partial charge in [0.1, 0.15) is 36.5 Å². The average molecular weight is 620 g/mol. The minimum atomic E-state index is -1.19. The number of nitrogens with zero attached hydrogens (tertiary/aromatic N) is 1. The van der Waals surface area contributed by atoms with Crippen molar-refractivity contribution in [3.05, 3.63) is 48.0 Å². The van der Waals surface area contributed by atoms with Crippen molar-refractivity contribution in [1.82, 2.24) is 4.90 Å². The third-order valence-corrected chi connectivity index (χ3v) is 12.1. The normalized spacial score (nSPS) is 45.1. The largest absolute Gasteiger partial charge is 0.461 e. The number of piperidine rings is 1. The average Bonchev–Trinajstić information content (AvgIpc) is 3.23. The number of hydrogen-bond acceptors (Lipinski definition) is 11. The predicted molar refractivity (Wildman–Crippen MR) is 154 cm³/mol. The Kier molecular flexibility index (Phi) is 6.35. The summed E-state index contributed by atoms with van der Waals surface area (Å²) in [6.45, 7) is 9.89. The third-order valence-electron chi connectivity index (χ3n) is 12.1. The molecule has 0 unspecified atom stereocenters. The van der Waals surface area contributed by atoms with Crippen LogP contribution in [0.25, 0.3) is 0 Å². The first-order valence-electron chi connectivity index (χ1n) is 15.4. The Labute approximate surface area is 260 Å². The SMILES string of the molecule is C=C1[C@H]2C(=O)[C@@H]3[C@H]4N(C)[C@H]5C[C@@]3([C@@H]1OC(C)=O)[C@@H]([C@@H]2OC(C)=O)[C@@]41[C@H](OC(C)=O)[C@@H](OC(=O)c2ccccc2)C[C@@](C)(C=O)[C@@H]51. The molecule has 7 bridgehead atoms. The van der Waals surface area contributed by atoms with Gasteiger partial charge in [-0.1, -0.05) is 31.7 Å². The van der Waals surface area contributed by atoms with E-state index in [0.717, 1.165) is 6.29 Å². The van der Waals surface area contributed by atoms with Crippen LogP contribution in [0.2, 0.25) is 0 Å². The fourth-order valence-corrected chi connectivity index (χ4v) is 11.5. The van der Waals surface area contributed by atoms with E-state index in [1.165, 1.54) is 20.8 Å². The molecule has 0 amide bonds. The van der Waals surface area contributed by atoms with Crippen molar-refractivity contribution in [2.75, 3.05) is 7.05 Å². The number of Topliss-reactive ketones (excluding diaryl/α,β-unsaturated/α-hetero) is 1. The summed E-state index contributed by atoms with van der Waals surface area (Å²) in [5.41, 5.74) is -2.64. The van der Waals surface area contributed by atoms with E-state index in [1.54, 1.807) is 30.3 Å². The molecule has 6 saturated carbocycles. The molecule has 1 aromatic rings. The fraction of sp³-hybridized carbons (Fsp3) is 0.588. The van der Waals surface area contributed by atoms with Gasteiger partial charge in [0.15, 0.2) is 0 Å². The number of carbonyl (C=O) groups is 6. The number of carbonyl (C=O) groups excluding carboxylic acids is 6. The quantitative estimate of drug-likeness (QED) is 0.200. The van der Waals surface area contributed by atoms with E-state index in [2.05, 4.69) is 11.5 Å². The van der Waals surface area contributed by atoms with Crippen LogP contribution < -0.4 is 0 Å². The summed E-state index contributed by atoms with van der Waals surface area (Å²) in [4.78, 5) is 81.7. The van der Waals surface area contributed by atoms with Crippen molar-refractivity contribution in [1.29, 1.82) is 0 Å². The second kappa shape index (κ2) is 9.57. The van der Waals surface area contributed by atoms with E-state index in [4.69, 9.17) is 18.9 Å². The first-order chi connectivity index (χ1) is 21.2. The lowest BCUT2D eigenvalue weighted by Crippen LogP contribution is -2.76. The molecule has 1 aromatic carbocycles. The Bertz CT molecular complexity index is 1560. The topological polar surface area (TPSA) is 143 Å². The van der Waals surface area contributed by atoms with Crippen LogP contribution in [-0.2, 0) is 42.9 Å². The molecule has 2 saturated heterocycles. The van der Waals surface area contributed by atoms with Gasteiger partial charge in [0, 0.05) is 67.4 Å². The van der Waals surface area contributed by atoms with Crippen LogP contribution in [0.3, 0.4) is 0 Å². The molecule has 0 aromatic heterocycles. The fourth-order valence-electron chi connectivity index (χ4n) is 11.5. The zero-order chi connectivity index (χ0) is 32.4. The number of rotatable bonds is 6. The molecule has 45 heavy (non-hydrogen) atoms. The second-order valence-corrected chi connectivity index (χ2v) is 14.1. The van der Waals surface area contributed by atoms with Crippen LogP contribution in [0.1, 0.15) is 50.9 Å². The van der Waals surface area contributed by atoms with Crippen LogP contribution in [0.15, 0.2) is 42.5 Å². The lowest BCUT2D eigenvalue weighted by molar-refractivity contribution is -0.260. The standard InChI is InChI=1S/C34H37NO10/c1-15-22-24(40)23-28-34-26(20(35(28)6)12-33(23,29(15)43-17(3)38)27(34)25(22)42-16(2)37)32(5,14-36)13-21(30(34)44-18(4)39)45-31(41)19-10-8-7-9-11-19/h7-11,14,20-23,25-30H,1,12-13H2,2-6H3/t20-,21-,22-,23+,25+,26+,27+,28+,29+,30+,32-,33-,34+/m0/s1. The lowest BCUT2D eigenvalue weighted by atomic mass is 9.38. The summed E-state index contributed by atoms with van der Waals surface area (Å²) in [6.07, 6.45) is -2.69. The van der Waals surface area contributed by atoms with Gasteiger partial charge in [-0.25, -0.2) is 4.79 Å². The van der Waals surface area contributed by atoms with Crippen LogP contribution in [0, 0.1) is 39.9 Å². The Morgan fingerprint density at radius 1 is 0.933 bits per heavy atom. The Morgan fingerprint density at radius 3 is 2.18 bits per heavy atom. The highest BCUT2D eigenvalue weighted by atomic mass is 16.6. The summed E-state index contributed by atoms with van der Waals surface area (Å²) in [5.74, 6) is -5.39. The Balaban J connectivity index is 1.49. The minimum Gasteiger partial charge on any atom is -0.461 e. The van der Waals surface area contributed by atoms with Gasteiger partial charge in [0.05, 0.1) is 11.5 Å². The molecule has 13 atom stereocenters. The lowest BCUT2D eigenvalue weighted by Gasteiger charge is -2.68. The summed E-state index contributed by atoms with van der Waals surface area (Å²) in [7, 11) is 1.90. The zero-order valence-electron chi connectivity index (χ0n) is 25.9. The van der Waals surface area contributed by atoms with E-state index in [-0.39, 0.29) is 23.8 Å². The minimum absolute atomic E-state index is 0.0799. The van der Waals surface area contributed by atoms with Crippen molar-refractivity contribution in [2.45, 2.75) is 77.0 Å². The molecule has 9 rings (SSSR count). The van der Waals surface area contributed by atoms with E-state index in [9.17, 15) is 28.8 Å². The Hall–Kier alpha value is -3.86. The molecular formula is C34H37NO10. The molecule has 8 fully saturated rings. The molecule has 2 spiro atoms. The van der Waals surface area contributed by atoms with Crippen LogP contribution >= 0.6 is 0 Å². The monoisotopic (exact) mass is 619 g/mol. The van der Waals surface area contributed by atoms with Crippen LogP contribution in [-0.4, -0.2) is 84.4 Å². The number of hydrogen-bond donors (Lipinski definition) is 0. The van der Waals surface area contributed by atoms with E-state index in [1.807, 2.05) is 14.0 Å². The number of aldehydes is 1. The second-order valence-electron chi connectivity index (χ2n) is 14.1. The van der Waals surface area contributed by atoms with Gasteiger partial charge in [0.25, 0.3) is 0 Å². The molecular weight excluding hydrogens is 582 g/mol. The van der Waals surface area contributed by atoms with Gasteiger partial charge >= 0.3 is 23.9 Å². The maximum Gasteiger partial charge on any atom is 0.338 e. The number of ketones is 1. The van der Waals surface area contributed by atoms with Gasteiger partial charge in [-0.3, -0.25) is 24.1 Å². The van der Waals surface area contributed by atoms with E-state index in [0.29, 0.717) is 12.0 Å². The van der Waals surface area contributed by atoms with Crippen LogP contribution in [0.5, 0.6) is 0 Å². The molecule has 2 aliphatic heterocycles. The van der Waals surface area contributed by atoms with Gasteiger partial charge in [0.2, 0.25) is 0 Å². The van der Waals surface area contributed by atoms with Crippen molar-refractivity contribution in [2.24, 2.45) is 39.9 Å². The van der Waals surface area contributed by atoms with Crippen molar-refractivity contribution in [3.8, 4) is 0 Å². The first kappa shape index (κ1) is 29.8. The predicted octanol–water partition coefficient (Wildman–Crippen LogP) is 2.31. The highest BCUT2D eigenvalue weighted by molar-refractivity contribution is 5.94. The number of esters is 4. The molecule has 238 valence electrons. The molecule has 8 aliphatic rings. The third kappa shape index (κ3) is 3.50. The molecule has 0 radical (unpaired) electrons. The highest BCUT2D eigenvalue weighted by Gasteiger charge is 2.93. The van der Waals surface area contributed by atoms with Crippen molar-refractivity contribution >= 4 is 35.9 Å². The summed E-state index contributed by atoms with van der Waals surface area (Å²) in [6, 6.07) is 7.52. The summed E-state index contributed by atoms with van der Waals surface area (Å²) in [5, 5.41) is 0.